The number of likely N-dealkylation sites (tertiary alicyclic amines) is 1. The minimum absolute atomic E-state index is 0. The molecule has 1 N–H and O–H groups in total. The zero-order chi connectivity index (χ0) is 17.9. The molecule has 11 heteroatoms. The minimum Gasteiger partial charge on any atom is -0.355 e. The lowest BCUT2D eigenvalue weighted by Crippen LogP contribution is -2.47. The predicted molar refractivity (Wildman–Crippen MR) is 100 cm³/mol. The molecule has 3 rings (SSSR count). The number of halogens is 4. The second kappa shape index (κ2) is 9.97. The number of piperidine rings is 1. The van der Waals surface area contributed by atoms with Gasteiger partial charge in [-0.1, -0.05) is 0 Å². The second-order valence-electron chi connectivity index (χ2n) is 6.43. The number of carbonyl (C=O) groups is 1. The Morgan fingerprint density at radius 3 is 2.63 bits per heavy atom. The highest BCUT2D eigenvalue weighted by atomic mass is 35.5. The average Bonchev–Trinajstić information content (AvgIpc) is 2.96. The Balaban J connectivity index is 0.00000182. The van der Waals surface area contributed by atoms with E-state index in [-0.39, 0.29) is 37.4 Å². The number of nitrogens with zero attached hydrogens (tertiary/aromatic N) is 5. The SMILES string of the molecule is Cl.Cl.N#C[C@@H]1CC(F)(F)CN1C(=O)CNC1CCN(c2cnccn2)CC1. The highest BCUT2D eigenvalue weighted by Gasteiger charge is 2.47. The van der Waals surface area contributed by atoms with E-state index in [9.17, 15) is 13.6 Å². The maximum atomic E-state index is 13.4. The summed E-state index contributed by atoms with van der Waals surface area (Å²) in [7, 11) is 0. The first-order valence-corrected chi connectivity index (χ1v) is 8.30. The lowest BCUT2D eigenvalue weighted by molar-refractivity contribution is -0.131. The second-order valence-corrected chi connectivity index (χ2v) is 6.43. The van der Waals surface area contributed by atoms with E-state index in [1.165, 1.54) is 0 Å². The lowest BCUT2D eigenvalue weighted by Gasteiger charge is -2.33. The summed E-state index contributed by atoms with van der Waals surface area (Å²) in [6.45, 7) is 0.876. The number of hydrogen-bond acceptors (Lipinski definition) is 6. The number of anilines is 1. The quantitative estimate of drug-likeness (QED) is 0.793. The first-order chi connectivity index (χ1) is 12.0. The van der Waals surface area contributed by atoms with E-state index < -0.39 is 30.8 Å². The predicted octanol–water partition coefficient (Wildman–Crippen LogP) is 1.64. The van der Waals surface area contributed by atoms with Gasteiger partial charge in [0.2, 0.25) is 5.91 Å². The van der Waals surface area contributed by atoms with Crippen LogP contribution in [0.1, 0.15) is 19.3 Å². The summed E-state index contributed by atoms with van der Waals surface area (Å²) in [5.41, 5.74) is 0. The van der Waals surface area contributed by atoms with Gasteiger partial charge in [-0.15, -0.1) is 24.8 Å². The lowest BCUT2D eigenvalue weighted by atomic mass is 10.1. The molecular weight excluding hydrogens is 401 g/mol. The van der Waals surface area contributed by atoms with Crippen molar-refractivity contribution in [2.45, 2.75) is 37.3 Å². The maximum Gasteiger partial charge on any atom is 0.268 e. The number of rotatable bonds is 4. The van der Waals surface area contributed by atoms with Crippen LogP contribution in [0.25, 0.3) is 0 Å². The molecule has 3 heterocycles. The van der Waals surface area contributed by atoms with Crippen LogP contribution >= 0.6 is 24.8 Å². The third-order valence-corrected chi connectivity index (χ3v) is 4.65. The van der Waals surface area contributed by atoms with Crippen molar-refractivity contribution in [2.24, 2.45) is 0 Å². The first-order valence-electron chi connectivity index (χ1n) is 8.30. The van der Waals surface area contributed by atoms with Gasteiger partial charge in [0.05, 0.1) is 25.4 Å². The molecule has 1 amide bonds. The Morgan fingerprint density at radius 2 is 2.04 bits per heavy atom. The van der Waals surface area contributed by atoms with Crippen molar-refractivity contribution >= 4 is 36.5 Å². The Morgan fingerprint density at radius 1 is 1.33 bits per heavy atom. The third kappa shape index (κ3) is 5.86. The third-order valence-electron chi connectivity index (χ3n) is 4.65. The van der Waals surface area contributed by atoms with E-state index in [4.69, 9.17) is 5.26 Å². The molecule has 2 aliphatic heterocycles. The molecule has 0 aliphatic carbocycles. The molecule has 0 bridgehead atoms. The molecule has 7 nitrogen and oxygen atoms in total. The van der Waals surface area contributed by atoms with Crippen molar-refractivity contribution in [3.05, 3.63) is 18.6 Å². The van der Waals surface area contributed by atoms with E-state index in [2.05, 4.69) is 20.2 Å². The normalized spacial score (nSPS) is 21.7. The molecule has 2 fully saturated rings. The molecule has 2 aliphatic rings. The van der Waals surface area contributed by atoms with Crippen molar-refractivity contribution in [2.75, 3.05) is 31.1 Å². The van der Waals surface area contributed by atoms with Gasteiger partial charge in [0.1, 0.15) is 11.9 Å². The fraction of sp³-hybridized carbons (Fsp3) is 0.625. The maximum absolute atomic E-state index is 13.4. The van der Waals surface area contributed by atoms with Gasteiger partial charge in [-0.3, -0.25) is 9.78 Å². The van der Waals surface area contributed by atoms with Gasteiger partial charge in [-0.2, -0.15) is 5.26 Å². The highest BCUT2D eigenvalue weighted by molar-refractivity contribution is 5.85. The van der Waals surface area contributed by atoms with E-state index >= 15 is 0 Å². The molecule has 0 aromatic carbocycles. The Labute approximate surface area is 168 Å². The number of aromatic nitrogens is 2. The smallest absolute Gasteiger partial charge is 0.268 e. The molecule has 0 spiro atoms. The summed E-state index contributed by atoms with van der Waals surface area (Å²) >= 11 is 0. The van der Waals surface area contributed by atoms with Crippen molar-refractivity contribution in [3.63, 3.8) is 0 Å². The van der Waals surface area contributed by atoms with Crippen LogP contribution in [0.15, 0.2) is 18.6 Å². The largest absolute Gasteiger partial charge is 0.355 e. The van der Waals surface area contributed by atoms with Gasteiger partial charge in [0, 0.05) is 37.9 Å². The minimum atomic E-state index is -2.97. The number of hydrogen-bond donors (Lipinski definition) is 1. The molecule has 27 heavy (non-hydrogen) atoms. The average molecular weight is 423 g/mol. The Kier molecular flexibility index (Phi) is 8.59. The van der Waals surface area contributed by atoms with Crippen molar-refractivity contribution in [3.8, 4) is 6.07 Å². The number of nitriles is 1. The molecule has 150 valence electrons. The summed E-state index contributed by atoms with van der Waals surface area (Å²) in [4.78, 5) is 23.6. The molecule has 2 saturated heterocycles. The number of nitrogens with one attached hydrogen (secondary N) is 1. The van der Waals surface area contributed by atoms with Crippen molar-refractivity contribution in [1.29, 1.82) is 5.26 Å². The zero-order valence-corrected chi connectivity index (χ0v) is 16.2. The molecule has 0 radical (unpaired) electrons. The highest BCUT2D eigenvalue weighted by Crippen LogP contribution is 2.31. The first kappa shape index (κ1) is 23.3. The van der Waals surface area contributed by atoms with Gasteiger partial charge in [-0.05, 0) is 12.8 Å². The molecule has 0 unspecified atom stereocenters. The summed E-state index contributed by atoms with van der Waals surface area (Å²) in [6, 6.07) is 0.891. The number of carbonyl (C=O) groups excluding carboxylic acids is 1. The van der Waals surface area contributed by atoms with Gasteiger partial charge < -0.3 is 15.1 Å². The van der Waals surface area contributed by atoms with Crippen LogP contribution in [0.5, 0.6) is 0 Å². The van der Waals surface area contributed by atoms with Gasteiger partial charge in [-0.25, -0.2) is 13.8 Å². The Bertz CT molecular complexity index is 652. The van der Waals surface area contributed by atoms with Gasteiger partial charge in [0.15, 0.2) is 0 Å². The van der Waals surface area contributed by atoms with Crippen LogP contribution in [0, 0.1) is 11.3 Å². The van der Waals surface area contributed by atoms with Crippen LogP contribution < -0.4 is 10.2 Å². The summed E-state index contributed by atoms with van der Waals surface area (Å²) in [6.07, 6.45) is 6.05. The summed E-state index contributed by atoms with van der Waals surface area (Å²) in [5.74, 6) is -2.59. The van der Waals surface area contributed by atoms with Gasteiger partial charge in [0.25, 0.3) is 5.92 Å². The molecule has 1 aromatic rings. The van der Waals surface area contributed by atoms with Crippen LogP contribution in [-0.2, 0) is 4.79 Å². The van der Waals surface area contributed by atoms with Crippen molar-refractivity contribution in [1.82, 2.24) is 20.2 Å². The fourth-order valence-corrected chi connectivity index (χ4v) is 3.29. The number of alkyl halides is 2. The molecule has 1 atom stereocenters. The van der Waals surface area contributed by atoms with Crippen molar-refractivity contribution < 1.29 is 13.6 Å². The van der Waals surface area contributed by atoms with Gasteiger partial charge >= 0.3 is 0 Å². The summed E-state index contributed by atoms with van der Waals surface area (Å²) < 4.78 is 26.8. The van der Waals surface area contributed by atoms with E-state index in [0.29, 0.717) is 0 Å². The van der Waals surface area contributed by atoms with Crippen LogP contribution in [-0.4, -0.2) is 65.0 Å². The molecule has 1 aromatic heterocycles. The zero-order valence-electron chi connectivity index (χ0n) is 14.6. The van der Waals surface area contributed by atoms with Crippen LogP contribution in [0.4, 0.5) is 14.6 Å². The molecular formula is C16H22Cl2F2N6O. The molecule has 0 saturated carbocycles. The van der Waals surface area contributed by atoms with E-state index in [1.807, 2.05) is 0 Å². The monoisotopic (exact) mass is 422 g/mol. The van der Waals surface area contributed by atoms with E-state index in [0.717, 1.165) is 36.6 Å². The fourth-order valence-electron chi connectivity index (χ4n) is 3.29. The van der Waals surface area contributed by atoms with E-state index in [1.54, 1.807) is 24.7 Å². The Hall–Kier alpha value is -1.76. The summed E-state index contributed by atoms with van der Waals surface area (Å²) in [5, 5.41) is 12.1. The number of amides is 1. The van der Waals surface area contributed by atoms with Crippen LogP contribution in [0.3, 0.4) is 0 Å². The topological polar surface area (TPSA) is 85.2 Å². The van der Waals surface area contributed by atoms with Crippen LogP contribution in [0.2, 0.25) is 0 Å². The standard InChI is InChI=1S/C16H20F2N6O.2ClH/c17-16(18)7-13(8-19)24(11-16)15(25)10-22-12-1-5-23(6-2-12)14-9-20-3-4-21-14;;/h3-4,9,12-13,22H,1-2,5-7,10-11H2;2*1H/t13-;;/m0../s1.